The number of carbonyl (C=O) groups is 1. The molecule has 0 atom stereocenters. The van der Waals surface area contributed by atoms with Crippen molar-refractivity contribution in [2.24, 2.45) is 5.41 Å². The lowest BCUT2D eigenvalue weighted by Gasteiger charge is -2.39. The van der Waals surface area contributed by atoms with Crippen LogP contribution in [0.2, 0.25) is 0 Å². The molecule has 0 aromatic carbocycles. The molecule has 0 saturated carbocycles. The van der Waals surface area contributed by atoms with Gasteiger partial charge in [0.05, 0.1) is 0 Å². The second-order valence-corrected chi connectivity index (χ2v) is 6.13. The number of likely N-dealkylation sites (tertiary alicyclic amines) is 1. The first kappa shape index (κ1) is 21.6. The number of amides is 1. The lowest BCUT2D eigenvalue weighted by atomic mass is 9.78. The molecule has 3 nitrogen and oxygen atoms in total. The largest absolute Gasteiger partial charge is 0.444 e. The molecule has 0 bridgehead atoms. The molecule has 0 aromatic heterocycles. The molecule has 122 valence electrons. The SMILES string of the molecule is CC.CC.CCC1(C)CCN(C(=O)OC(C)(C)C)CC1. The smallest absolute Gasteiger partial charge is 0.410 e. The third-order valence-electron chi connectivity index (χ3n) is 3.48. The number of nitrogens with zero attached hydrogens (tertiary/aromatic N) is 1. The Morgan fingerprint density at radius 3 is 1.80 bits per heavy atom. The second-order valence-electron chi connectivity index (χ2n) is 6.13. The van der Waals surface area contributed by atoms with Gasteiger partial charge in [-0.25, -0.2) is 4.79 Å². The van der Waals surface area contributed by atoms with Crippen molar-refractivity contribution in [1.29, 1.82) is 0 Å². The van der Waals surface area contributed by atoms with Crippen LogP contribution in [0.1, 0.15) is 81.6 Å². The first-order valence-electron chi connectivity index (χ1n) is 8.24. The monoisotopic (exact) mass is 287 g/mol. The highest BCUT2D eigenvalue weighted by Crippen LogP contribution is 2.34. The van der Waals surface area contributed by atoms with Crippen LogP contribution in [-0.4, -0.2) is 29.7 Å². The Kier molecular flexibility index (Phi) is 10.9. The van der Waals surface area contributed by atoms with Gasteiger partial charge in [-0.2, -0.15) is 0 Å². The molecule has 1 rings (SSSR count). The van der Waals surface area contributed by atoms with Gasteiger partial charge in [-0.1, -0.05) is 48.0 Å². The molecule has 0 aromatic rings. The lowest BCUT2D eigenvalue weighted by molar-refractivity contribution is 0.0115. The predicted molar refractivity (Wildman–Crippen MR) is 88.1 cm³/mol. The molecule has 1 amide bonds. The summed E-state index contributed by atoms with van der Waals surface area (Å²) in [5.41, 5.74) is 0.0289. The molecule has 0 radical (unpaired) electrons. The number of piperidine rings is 1. The molecule has 3 heteroatoms. The maximum atomic E-state index is 11.8. The first-order valence-corrected chi connectivity index (χ1v) is 8.24. The summed E-state index contributed by atoms with van der Waals surface area (Å²) in [5.74, 6) is 0. The van der Waals surface area contributed by atoms with E-state index in [9.17, 15) is 4.79 Å². The Balaban J connectivity index is 0. The fraction of sp³-hybridized carbons (Fsp3) is 0.941. The minimum absolute atomic E-state index is 0.161. The number of carbonyl (C=O) groups excluding carboxylic acids is 1. The summed E-state index contributed by atoms with van der Waals surface area (Å²) in [6, 6.07) is 0. The van der Waals surface area contributed by atoms with Crippen molar-refractivity contribution in [2.45, 2.75) is 87.2 Å². The summed E-state index contributed by atoms with van der Waals surface area (Å²) in [6.07, 6.45) is 3.20. The Hall–Kier alpha value is -0.730. The van der Waals surface area contributed by atoms with Crippen LogP contribution in [0, 0.1) is 5.41 Å². The van der Waals surface area contributed by atoms with E-state index in [1.54, 1.807) is 0 Å². The van der Waals surface area contributed by atoms with Crippen LogP contribution in [-0.2, 0) is 4.74 Å². The van der Waals surface area contributed by atoms with Gasteiger partial charge in [0, 0.05) is 13.1 Å². The van der Waals surface area contributed by atoms with Crippen molar-refractivity contribution in [2.75, 3.05) is 13.1 Å². The van der Waals surface area contributed by atoms with E-state index in [4.69, 9.17) is 4.74 Å². The van der Waals surface area contributed by atoms with Crippen LogP contribution in [0.5, 0.6) is 0 Å². The Labute approximate surface area is 127 Å². The van der Waals surface area contributed by atoms with E-state index in [2.05, 4.69) is 13.8 Å². The Morgan fingerprint density at radius 1 is 1.10 bits per heavy atom. The van der Waals surface area contributed by atoms with Crippen molar-refractivity contribution < 1.29 is 9.53 Å². The van der Waals surface area contributed by atoms with Gasteiger partial charge in [-0.3, -0.25) is 0 Å². The lowest BCUT2D eigenvalue weighted by Crippen LogP contribution is -2.44. The zero-order valence-electron chi connectivity index (χ0n) is 15.3. The van der Waals surface area contributed by atoms with E-state index in [1.807, 2.05) is 53.4 Å². The molecular formula is C17H37NO2. The molecule has 1 heterocycles. The van der Waals surface area contributed by atoms with Crippen molar-refractivity contribution in [3.63, 3.8) is 0 Å². The van der Waals surface area contributed by atoms with Gasteiger partial charge in [0.2, 0.25) is 0 Å². The van der Waals surface area contributed by atoms with Crippen LogP contribution >= 0.6 is 0 Å². The molecule has 1 fully saturated rings. The van der Waals surface area contributed by atoms with Crippen molar-refractivity contribution in [3.05, 3.63) is 0 Å². The van der Waals surface area contributed by atoms with E-state index in [0.717, 1.165) is 25.9 Å². The first-order chi connectivity index (χ1) is 9.26. The van der Waals surface area contributed by atoms with Gasteiger partial charge in [-0.15, -0.1) is 0 Å². The van der Waals surface area contributed by atoms with Crippen molar-refractivity contribution in [3.8, 4) is 0 Å². The molecule has 20 heavy (non-hydrogen) atoms. The summed E-state index contributed by atoms with van der Waals surface area (Å²) >= 11 is 0. The molecule has 1 aliphatic heterocycles. The van der Waals surface area contributed by atoms with E-state index in [1.165, 1.54) is 6.42 Å². The highest BCUT2D eigenvalue weighted by atomic mass is 16.6. The highest BCUT2D eigenvalue weighted by Gasteiger charge is 2.32. The Bertz CT molecular complexity index is 248. The fourth-order valence-electron chi connectivity index (χ4n) is 1.91. The third-order valence-corrected chi connectivity index (χ3v) is 3.48. The van der Waals surface area contributed by atoms with Crippen LogP contribution in [0.3, 0.4) is 0 Å². The van der Waals surface area contributed by atoms with Crippen LogP contribution < -0.4 is 0 Å². The molecule has 1 aliphatic rings. The van der Waals surface area contributed by atoms with Gasteiger partial charge in [0.1, 0.15) is 5.60 Å². The average molecular weight is 287 g/mol. The van der Waals surface area contributed by atoms with Crippen LogP contribution in [0.15, 0.2) is 0 Å². The fourth-order valence-corrected chi connectivity index (χ4v) is 1.91. The van der Waals surface area contributed by atoms with Crippen LogP contribution in [0.4, 0.5) is 4.79 Å². The minimum Gasteiger partial charge on any atom is -0.444 e. The van der Waals surface area contributed by atoms with Crippen molar-refractivity contribution in [1.82, 2.24) is 4.90 Å². The standard InChI is InChI=1S/C13H25NO2.2C2H6/c1-6-13(5)7-9-14(10-8-13)11(15)16-12(2,3)4;2*1-2/h6-10H2,1-5H3;2*1-2H3. The maximum absolute atomic E-state index is 11.8. The van der Waals surface area contributed by atoms with E-state index >= 15 is 0 Å². The summed E-state index contributed by atoms with van der Waals surface area (Å²) < 4.78 is 5.37. The van der Waals surface area contributed by atoms with Crippen molar-refractivity contribution >= 4 is 6.09 Å². The highest BCUT2D eigenvalue weighted by molar-refractivity contribution is 5.68. The zero-order chi connectivity index (χ0) is 16.4. The number of hydrogen-bond donors (Lipinski definition) is 0. The molecule has 0 spiro atoms. The molecule has 1 saturated heterocycles. The molecular weight excluding hydrogens is 250 g/mol. The predicted octanol–water partition coefficient (Wildman–Crippen LogP) is 5.49. The molecule has 0 aliphatic carbocycles. The van der Waals surface area contributed by atoms with E-state index < -0.39 is 0 Å². The number of hydrogen-bond acceptors (Lipinski definition) is 2. The summed E-state index contributed by atoms with van der Waals surface area (Å²) in [4.78, 5) is 13.7. The second kappa shape index (κ2) is 10.1. The Morgan fingerprint density at radius 2 is 1.50 bits per heavy atom. The maximum Gasteiger partial charge on any atom is 0.410 e. The summed E-state index contributed by atoms with van der Waals surface area (Å²) in [5, 5.41) is 0. The molecule has 0 N–H and O–H groups in total. The normalized spacial score (nSPS) is 17.1. The quantitative estimate of drug-likeness (QED) is 0.638. The van der Waals surface area contributed by atoms with Gasteiger partial charge in [0.25, 0.3) is 0 Å². The zero-order valence-corrected chi connectivity index (χ0v) is 15.3. The summed E-state index contributed by atoms with van der Waals surface area (Å²) in [7, 11) is 0. The number of ether oxygens (including phenoxy) is 1. The summed E-state index contributed by atoms with van der Waals surface area (Å²) in [6.45, 7) is 19.9. The molecule has 0 unspecified atom stereocenters. The van der Waals surface area contributed by atoms with E-state index in [0.29, 0.717) is 5.41 Å². The van der Waals surface area contributed by atoms with Gasteiger partial charge in [0.15, 0.2) is 0 Å². The van der Waals surface area contributed by atoms with E-state index in [-0.39, 0.29) is 11.7 Å². The van der Waals surface area contributed by atoms with Gasteiger partial charge < -0.3 is 9.64 Å². The minimum atomic E-state index is -0.386. The number of rotatable bonds is 1. The van der Waals surface area contributed by atoms with Crippen LogP contribution in [0.25, 0.3) is 0 Å². The van der Waals surface area contributed by atoms with Gasteiger partial charge >= 0.3 is 6.09 Å². The average Bonchev–Trinajstić information content (AvgIpc) is 2.42. The third kappa shape index (κ3) is 8.44. The van der Waals surface area contributed by atoms with Gasteiger partial charge in [-0.05, 0) is 39.0 Å². The topological polar surface area (TPSA) is 29.5 Å².